The van der Waals surface area contributed by atoms with Gasteiger partial charge in [0, 0.05) is 19.9 Å². The van der Waals surface area contributed by atoms with Crippen LogP contribution in [-0.2, 0) is 4.74 Å². The molecule has 2 rings (SSSR count). The van der Waals surface area contributed by atoms with Gasteiger partial charge in [-0.15, -0.1) is 0 Å². The lowest BCUT2D eigenvalue weighted by molar-refractivity contribution is 0.210. The Bertz CT molecular complexity index is 560. The van der Waals surface area contributed by atoms with Crippen molar-refractivity contribution in [1.82, 2.24) is 9.97 Å². The van der Waals surface area contributed by atoms with E-state index in [1.54, 1.807) is 37.6 Å². The minimum atomic E-state index is 0.419. The summed E-state index contributed by atoms with van der Waals surface area (Å²) in [6.45, 7) is 1.27. The molecule has 1 aromatic heterocycles. The number of ether oxygens (including phenoxy) is 1. The van der Waals surface area contributed by atoms with Gasteiger partial charge in [-0.1, -0.05) is 29.3 Å². The number of nitrogens with zero attached hydrogens (tertiary/aromatic N) is 2. The maximum Gasteiger partial charge on any atom is 0.229 e. The molecule has 0 atom stereocenters. The number of rotatable bonds is 6. The Kier molecular flexibility index (Phi) is 5.40. The summed E-state index contributed by atoms with van der Waals surface area (Å²) < 4.78 is 4.96. The Morgan fingerprint density at radius 1 is 1.20 bits per heavy atom. The smallest absolute Gasteiger partial charge is 0.229 e. The number of methoxy groups -OCH3 is 1. The Labute approximate surface area is 127 Å². The van der Waals surface area contributed by atoms with Crippen molar-refractivity contribution in [2.45, 2.75) is 0 Å². The van der Waals surface area contributed by atoms with Gasteiger partial charge in [0.15, 0.2) is 0 Å². The Hall–Kier alpha value is -1.56. The second-order valence-electron chi connectivity index (χ2n) is 3.91. The number of anilines is 3. The summed E-state index contributed by atoms with van der Waals surface area (Å²) >= 11 is 12.2. The largest absolute Gasteiger partial charge is 0.383 e. The van der Waals surface area contributed by atoms with Gasteiger partial charge in [0.25, 0.3) is 0 Å². The van der Waals surface area contributed by atoms with Crippen LogP contribution in [0.5, 0.6) is 0 Å². The fourth-order valence-electron chi connectivity index (χ4n) is 1.53. The van der Waals surface area contributed by atoms with Crippen molar-refractivity contribution < 1.29 is 4.74 Å². The first-order chi connectivity index (χ1) is 9.70. The van der Waals surface area contributed by atoms with E-state index in [4.69, 9.17) is 27.9 Å². The monoisotopic (exact) mass is 312 g/mol. The van der Waals surface area contributed by atoms with Gasteiger partial charge in [-0.2, -0.15) is 4.98 Å². The SMILES string of the molecule is COCCNc1ccnc(Nc2c(Cl)cccc2Cl)n1. The maximum absolute atomic E-state index is 6.09. The third-order valence-electron chi connectivity index (χ3n) is 2.47. The van der Waals surface area contributed by atoms with E-state index in [2.05, 4.69) is 20.6 Å². The number of benzene rings is 1. The normalized spacial score (nSPS) is 10.3. The van der Waals surface area contributed by atoms with Crippen molar-refractivity contribution in [3.05, 3.63) is 40.5 Å². The van der Waals surface area contributed by atoms with Crippen LogP contribution < -0.4 is 10.6 Å². The summed E-state index contributed by atoms with van der Waals surface area (Å²) in [5.41, 5.74) is 0.588. The van der Waals surface area contributed by atoms with Gasteiger partial charge in [-0.3, -0.25) is 0 Å². The van der Waals surface area contributed by atoms with Gasteiger partial charge in [0.2, 0.25) is 5.95 Å². The lowest BCUT2D eigenvalue weighted by atomic mass is 10.3. The molecule has 0 aliphatic carbocycles. The molecule has 0 bridgehead atoms. The van der Waals surface area contributed by atoms with E-state index in [1.807, 2.05) is 0 Å². The molecular weight excluding hydrogens is 299 g/mol. The highest BCUT2D eigenvalue weighted by Crippen LogP contribution is 2.31. The average molecular weight is 313 g/mol. The highest BCUT2D eigenvalue weighted by Gasteiger charge is 2.07. The Morgan fingerprint density at radius 3 is 2.65 bits per heavy atom. The molecule has 0 saturated carbocycles. The van der Waals surface area contributed by atoms with Crippen LogP contribution in [0.25, 0.3) is 0 Å². The molecule has 0 aliphatic rings. The predicted molar refractivity (Wildman–Crippen MR) is 82.1 cm³/mol. The summed E-state index contributed by atoms with van der Waals surface area (Å²) in [4.78, 5) is 8.45. The lowest BCUT2D eigenvalue weighted by Crippen LogP contribution is -2.09. The summed E-state index contributed by atoms with van der Waals surface area (Å²) in [5.74, 6) is 1.12. The van der Waals surface area contributed by atoms with Gasteiger partial charge in [-0.25, -0.2) is 4.98 Å². The number of halogens is 2. The van der Waals surface area contributed by atoms with E-state index in [-0.39, 0.29) is 0 Å². The highest BCUT2D eigenvalue weighted by molar-refractivity contribution is 6.39. The molecular formula is C13H14Cl2N4O. The van der Waals surface area contributed by atoms with Crippen LogP contribution in [0, 0.1) is 0 Å². The molecule has 1 heterocycles. The zero-order valence-electron chi connectivity index (χ0n) is 10.9. The van der Waals surface area contributed by atoms with Crippen LogP contribution >= 0.6 is 23.2 Å². The van der Waals surface area contributed by atoms with Crippen LogP contribution in [0.1, 0.15) is 0 Å². The molecule has 7 heteroatoms. The topological polar surface area (TPSA) is 59.1 Å². The fourth-order valence-corrected chi connectivity index (χ4v) is 2.02. The minimum absolute atomic E-state index is 0.419. The molecule has 0 unspecified atom stereocenters. The molecule has 0 amide bonds. The second-order valence-corrected chi connectivity index (χ2v) is 4.72. The quantitative estimate of drug-likeness (QED) is 0.798. The van der Waals surface area contributed by atoms with E-state index < -0.39 is 0 Å². The molecule has 1 aromatic carbocycles. The van der Waals surface area contributed by atoms with Gasteiger partial charge < -0.3 is 15.4 Å². The molecule has 5 nitrogen and oxygen atoms in total. The van der Waals surface area contributed by atoms with Crippen molar-refractivity contribution in [2.24, 2.45) is 0 Å². The third-order valence-corrected chi connectivity index (χ3v) is 3.10. The zero-order chi connectivity index (χ0) is 14.4. The standard InChI is InChI=1S/C13H14Cl2N4O/c1-20-8-7-16-11-5-6-17-13(18-11)19-12-9(14)3-2-4-10(12)15/h2-6H,7-8H2,1H3,(H2,16,17,18,19). The zero-order valence-corrected chi connectivity index (χ0v) is 12.4. The molecule has 0 aliphatic heterocycles. The van der Waals surface area contributed by atoms with Gasteiger partial charge in [0.1, 0.15) is 5.82 Å². The van der Waals surface area contributed by atoms with Crippen LogP contribution in [-0.4, -0.2) is 30.2 Å². The van der Waals surface area contributed by atoms with Crippen LogP contribution in [0.2, 0.25) is 10.0 Å². The number of hydrogen-bond acceptors (Lipinski definition) is 5. The third kappa shape index (κ3) is 3.96. The molecule has 106 valence electrons. The van der Waals surface area contributed by atoms with Crippen LogP contribution in [0.3, 0.4) is 0 Å². The van der Waals surface area contributed by atoms with Crippen LogP contribution in [0.15, 0.2) is 30.5 Å². The molecule has 0 radical (unpaired) electrons. The fraction of sp³-hybridized carbons (Fsp3) is 0.231. The molecule has 2 N–H and O–H groups in total. The summed E-state index contributed by atoms with van der Waals surface area (Å²) in [5, 5.41) is 7.16. The average Bonchev–Trinajstić information content (AvgIpc) is 2.44. The molecule has 0 saturated heterocycles. The summed E-state index contributed by atoms with van der Waals surface area (Å²) in [6, 6.07) is 7.04. The summed E-state index contributed by atoms with van der Waals surface area (Å²) in [6.07, 6.45) is 1.65. The van der Waals surface area contributed by atoms with E-state index in [0.717, 1.165) is 0 Å². The lowest BCUT2D eigenvalue weighted by Gasteiger charge is -2.10. The highest BCUT2D eigenvalue weighted by atomic mass is 35.5. The molecule has 20 heavy (non-hydrogen) atoms. The summed E-state index contributed by atoms with van der Waals surface area (Å²) in [7, 11) is 1.65. The van der Waals surface area contributed by atoms with Gasteiger partial charge >= 0.3 is 0 Å². The van der Waals surface area contributed by atoms with Gasteiger partial charge in [-0.05, 0) is 18.2 Å². The number of hydrogen-bond donors (Lipinski definition) is 2. The van der Waals surface area contributed by atoms with Crippen LogP contribution in [0.4, 0.5) is 17.5 Å². The first-order valence-corrected chi connectivity index (χ1v) is 6.73. The van der Waals surface area contributed by atoms with Crippen molar-refractivity contribution in [3.8, 4) is 0 Å². The van der Waals surface area contributed by atoms with E-state index in [0.29, 0.717) is 40.7 Å². The predicted octanol–water partition coefficient (Wildman–Crippen LogP) is 3.59. The van der Waals surface area contributed by atoms with E-state index in [1.165, 1.54) is 0 Å². The molecule has 2 aromatic rings. The maximum atomic E-state index is 6.09. The van der Waals surface area contributed by atoms with Crippen molar-refractivity contribution in [1.29, 1.82) is 0 Å². The second kappa shape index (κ2) is 7.28. The van der Waals surface area contributed by atoms with Crippen molar-refractivity contribution >= 4 is 40.7 Å². The molecule has 0 fully saturated rings. The number of nitrogens with one attached hydrogen (secondary N) is 2. The first kappa shape index (κ1) is 14.8. The van der Waals surface area contributed by atoms with Crippen molar-refractivity contribution in [2.75, 3.05) is 30.9 Å². The Morgan fingerprint density at radius 2 is 1.95 bits per heavy atom. The first-order valence-electron chi connectivity index (χ1n) is 5.97. The number of aromatic nitrogens is 2. The number of para-hydroxylation sites is 1. The Balaban J connectivity index is 2.11. The van der Waals surface area contributed by atoms with E-state index in [9.17, 15) is 0 Å². The minimum Gasteiger partial charge on any atom is -0.383 e. The molecule has 0 spiro atoms. The van der Waals surface area contributed by atoms with E-state index >= 15 is 0 Å². The van der Waals surface area contributed by atoms with Crippen molar-refractivity contribution in [3.63, 3.8) is 0 Å². The van der Waals surface area contributed by atoms with Gasteiger partial charge in [0.05, 0.1) is 22.3 Å².